The summed E-state index contributed by atoms with van der Waals surface area (Å²) in [5, 5.41) is 12.3. The predicted octanol–water partition coefficient (Wildman–Crippen LogP) is -2.17. The smallest absolute Gasteiger partial charge is 1.00 e. The molecule has 128 valence electrons. The van der Waals surface area contributed by atoms with Crippen molar-refractivity contribution in [3.63, 3.8) is 0 Å². The zero-order chi connectivity index (χ0) is 16.0. The summed E-state index contributed by atoms with van der Waals surface area (Å²) < 4.78 is 2.17. The Morgan fingerprint density at radius 1 is 1.08 bits per heavy atom. The largest absolute Gasteiger partial charge is 1.00 e. The molecule has 0 saturated heterocycles. The topological polar surface area (TPSA) is 43.6 Å². The van der Waals surface area contributed by atoms with Gasteiger partial charge in [-0.25, -0.2) is 0 Å². The maximum Gasteiger partial charge on any atom is -1.00 e. The first-order valence-corrected chi connectivity index (χ1v) is 10.5. The number of nitrogens with zero attached hydrogens (tertiary/aromatic N) is 4. The zero-order valence-corrected chi connectivity index (χ0v) is 18.3. The molecule has 1 atom stereocenters. The molecule has 0 bridgehead atoms. The van der Waals surface area contributed by atoms with Gasteiger partial charge in [0.2, 0.25) is 0 Å². The van der Waals surface area contributed by atoms with Crippen LogP contribution in [0.3, 0.4) is 0 Å². The van der Waals surface area contributed by atoms with Crippen LogP contribution in [-0.2, 0) is 23.2 Å². The van der Waals surface area contributed by atoms with Crippen molar-refractivity contribution in [2.75, 3.05) is 0 Å². The second-order valence-electron chi connectivity index (χ2n) is 6.19. The summed E-state index contributed by atoms with van der Waals surface area (Å²) in [6.45, 7) is 6.82. The normalized spacial score (nSPS) is 18.4. The van der Waals surface area contributed by atoms with Crippen LogP contribution in [0.4, 0.5) is 0 Å². The van der Waals surface area contributed by atoms with Gasteiger partial charge in [-0.05, 0) is 0 Å². The molecule has 2 aromatic rings. The summed E-state index contributed by atoms with van der Waals surface area (Å²) in [5.41, 5.74) is 8.50. The second-order valence-corrected chi connectivity index (χ2v) is 9.80. The molecular formula is C18H18Cl2N4Zr. The van der Waals surface area contributed by atoms with E-state index in [1.807, 2.05) is 0 Å². The maximum absolute atomic E-state index is 4.28. The Hall–Kier alpha value is -1.03. The molecule has 1 aromatic carbocycles. The van der Waals surface area contributed by atoms with E-state index in [0.717, 1.165) is 0 Å². The molecular weight excluding hydrogens is 434 g/mol. The van der Waals surface area contributed by atoms with Crippen molar-refractivity contribution in [1.82, 2.24) is 20.2 Å². The van der Waals surface area contributed by atoms with E-state index < -0.39 is 23.2 Å². The molecule has 2 aliphatic rings. The minimum absolute atomic E-state index is 0. The third-order valence-electron chi connectivity index (χ3n) is 4.90. The molecule has 0 saturated carbocycles. The van der Waals surface area contributed by atoms with E-state index in [1.165, 1.54) is 46.3 Å². The summed E-state index contributed by atoms with van der Waals surface area (Å²) in [6.07, 6.45) is 4.92. The van der Waals surface area contributed by atoms with E-state index in [9.17, 15) is 0 Å². The molecule has 7 heteroatoms. The Bertz CT molecular complexity index is 869. The van der Waals surface area contributed by atoms with Gasteiger partial charge in [-0.1, -0.05) is 0 Å². The Kier molecular flexibility index (Phi) is 6.58. The Balaban J connectivity index is 0.00000113. The van der Waals surface area contributed by atoms with Crippen molar-refractivity contribution in [2.45, 2.75) is 30.8 Å². The van der Waals surface area contributed by atoms with Gasteiger partial charge in [0.25, 0.3) is 0 Å². The monoisotopic (exact) mass is 450 g/mol. The number of aromatic nitrogens is 4. The third-order valence-corrected chi connectivity index (χ3v) is 9.32. The van der Waals surface area contributed by atoms with Crippen LogP contribution < -0.4 is 24.8 Å². The molecule has 1 unspecified atom stereocenters. The van der Waals surface area contributed by atoms with Crippen LogP contribution in [0.1, 0.15) is 41.9 Å². The molecule has 1 aromatic heterocycles. The number of hydrogen-bond donors (Lipinski definition) is 0. The van der Waals surface area contributed by atoms with Gasteiger partial charge in [0.05, 0.1) is 0 Å². The summed E-state index contributed by atoms with van der Waals surface area (Å²) in [6, 6.07) is 8.70. The van der Waals surface area contributed by atoms with Gasteiger partial charge >= 0.3 is 148 Å². The quantitative estimate of drug-likeness (QED) is 0.533. The van der Waals surface area contributed by atoms with Gasteiger partial charge in [0.1, 0.15) is 0 Å². The number of benzene rings is 1. The molecule has 0 radical (unpaired) electrons. The Labute approximate surface area is 171 Å². The Morgan fingerprint density at radius 2 is 1.84 bits per heavy atom. The average molecular weight is 453 g/mol. The average Bonchev–Trinajstić information content (AvgIpc) is 3.25. The maximum atomic E-state index is 4.28. The summed E-state index contributed by atoms with van der Waals surface area (Å²) >= 11 is -0.821. The Morgan fingerprint density at radius 3 is 2.48 bits per heavy atom. The van der Waals surface area contributed by atoms with Crippen LogP contribution in [0.5, 0.6) is 0 Å². The van der Waals surface area contributed by atoms with Gasteiger partial charge in [0, 0.05) is 0 Å². The molecule has 4 rings (SSSR count). The minimum atomic E-state index is -0.821. The number of hydrogen-bond acceptors (Lipinski definition) is 3. The number of rotatable bonds is 3. The minimum Gasteiger partial charge on any atom is -1.00 e. The third kappa shape index (κ3) is 3.60. The molecule has 0 fully saturated rings. The van der Waals surface area contributed by atoms with Crippen molar-refractivity contribution in [2.24, 2.45) is 0 Å². The molecule has 0 aliphatic heterocycles. The van der Waals surface area contributed by atoms with Gasteiger partial charge < -0.3 is 24.8 Å². The van der Waals surface area contributed by atoms with Crippen LogP contribution in [0.15, 0.2) is 50.6 Å². The van der Waals surface area contributed by atoms with Crippen LogP contribution in [0, 0.1) is 0 Å². The molecule has 0 spiro atoms. The number of allylic oxidation sites excluding steroid dienone is 5. The fourth-order valence-corrected chi connectivity index (χ4v) is 7.96. The first kappa shape index (κ1) is 20.3. The summed E-state index contributed by atoms with van der Waals surface area (Å²) in [7, 11) is 0. The van der Waals surface area contributed by atoms with E-state index >= 15 is 0 Å². The number of halogens is 2. The van der Waals surface area contributed by atoms with Gasteiger partial charge in [-0.2, -0.15) is 0 Å². The SMILES string of the molecule is CC1=C(C)C(C)=[C]([Zr+2][CH]2C(n3ncnn3)=Cc3ccccc32)C1.[Cl-].[Cl-]. The fraction of sp³-hybridized carbons (Fsp3) is 0.278. The number of tetrazole rings is 1. The van der Waals surface area contributed by atoms with Crippen molar-refractivity contribution < 1.29 is 48.0 Å². The number of fused-ring (bicyclic) bond motifs is 1. The fourth-order valence-electron chi connectivity index (χ4n) is 3.33. The van der Waals surface area contributed by atoms with Crippen molar-refractivity contribution in [1.29, 1.82) is 0 Å². The van der Waals surface area contributed by atoms with E-state index in [0.29, 0.717) is 3.63 Å². The summed E-state index contributed by atoms with van der Waals surface area (Å²) in [4.78, 5) is 1.71. The van der Waals surface area contributed by atoms with E-state index in [4.69, 9.17) is 0 Å². The first-order valence-electron chi connectivity index (χ1n) is 7.82. The molecule has 0 N–H and O–H groups in total. The predicted molar refractivity (Wildman–Crippen MR) is 86.9 cm³/mol. The first-order chi connectivity index (χ1) is 11.1. The van der Waals surface area contributed by atoms with Gasteiger partial charge in [-0.3, -0.25) is 0 Å². The van der Waals surface area contributed by atoms with Crippen LogP contribution in [-0.4, -0.2) is 20.2 Å². The standard InChI is InChI=1S/C10H7N4.C8H11.2ClH.Zr/c1-2-4-9-6-10(5-8(9)3-1)14-12-7-11-13-14;1-6-4-5-7(2)8(6)3;;;/h1-7H;4H2,1-3H3;2*1H;/q;;;;+2/p-2. The zero-order valence-electron chi connectivity index (χ0n) is 14.3. The molecule has 0 amide bonds. The van der Waals surface area contributed by atoms with Crippen molar-refractivity contribution >= 4 is 11.8 Å². The second kappa shape index (κ2) is 8.11. The van der Waals surface area contributed by atoms with Gasteiger partial charge in [0.15, 0.2) is 0 Å². The molecule has 25 heavy (non-hydrogen) atoms. The van der Waals surface area contributed by atoms with Gasteiger partial charge in [-0.15, -0.1) is 0 Å². The molecule has 1 heterocycles. The van der Waals surface area contributed by atoms with Crippen LogP contribution in [0.25, 0.3) is 11.8 Å². The molecule has 4 nitrogen and oxygen atoms in total. The van der Waals surface area contributed by atoms with E-state index in [1.54, 1.807) is 8.08 Å². The van der Waals surface area contributed by atoms with Crippen LogP contribution in [0.2, 0.25) is 0 Å². The summed E-state index contributed by atoms with van der Waals surface area (Å²) in [5.74, 6) is 0. The van der Waals surface area contributed by atoms with Crippen molar-refractivity contribution in [3.8, 4) is 0 Å². The van der Waals surface area contributed by atoms with Crippen LogP contribution >= 0.6 is 0 Å². The van der Waals surface area contributed by atoms with Crippen molar-refractivity contribution in [3.05, 3.63) is 61.7 Å². The molecule has 2 aliphatic carbocycles. The van der Waals surface area contributed by atoms with E-state index in [-0.39, 0.29) is 24.8 Å². The van der Waals surface area contributed by atoms with E-state index in [2.05, 4.69) is 66.5 Å².